The van der Waals surface area contributed by atoms with Crippen molar-refractivity contribution in [2.75, 3.05) is 13.2 Å². The molecule has 1 N–H and O–H groups in total. The summed E-state index contributed by atoms with van der Waals surface area (Å²) in [5, 5.41) is 13.1. The molecule has 2 rings (SSSR count). The Hall–Kier alpha value is -2.82. The van der Waals surface area contributed by atoms with Crippen LogP contribution in [0.5, 0.6) is 5.75 Å². The van der Waals surface area contributed by atoms with E-state index < -0.39 is 12.6 Å². The van der Waals surface area contributed by atoms with Crippen molar-refractivity contribution in [2.24, 2.45) is 0 Å². The fourth-order valence-corrected chi connectivity index (χ4v) is 1.91. The SMILES string of the molecule is O=C([O-])COc1ccc(C(=O)NCCc2ccccc2)cc1. The normalized spacial score (nSPS) is 10.0. The number of ether oxygens (including phenoxy) is 1. The van der Waals surface area contributed by atoms with Crippen LogP contribution >= 0.6 is 0 Å². The second-order valence-electron chi connectivity index (χ2n) is 4.68. The van der Waals surface area contributed by atoms with Crippen molar-refractivity contribution >= 4 is 11.9 Å². The van der Waals surface area contributed by atoms with Gasteiger partial charge in [0.25, 0.3) is 5.91 Å². The molecule has 1 amide bonds. The molecule has 0 heterocycles. The summed E-state index contributed by atoms with van der Waals surface area (Å²) < 4.78 is 4.95. The molecule has 0 unspecified atom stereocenters. The van der Waals surface area contributed by atoms with Gasteiger partial charge in [0.15, 0.2) is 0 Å². The number of carboxylic acid groups (broad SMARTS) is 1. The van der Waals surface area contributed by atoms with Gasteiger partial charge in [0, 0.05) is 12.1 Å². The molecule has 0 aliphatic heterocycles. The summed E-state index contributed by atoms with van der Waals surface area (Å²) in [6, 6.07) is 16.2. The molecule has 0 aliphatic rings. The maximum atomic E-state index is 12.0. The Morgan fingerprint density at radius 1 is 1.00 bits per heavy atom. The zero-order valence-electron chi connectivity index (χ0n) is 12.0. The number of amides is 1. The molecule has 5 nitrogen and oxygen atoms in total. The van der Waals surface area contributed by atoms with Crippen LogP contribution in [0.25, 0.3) is 0 Å². The van der Waals surface area contributed by atoms with Crippen LogP contribution in [0.2, 0.25) is 0 Å². The van der Waals surface area contributed by atoms with Gasteiger partial charge in [0.05, 0.1) is 5.97 Å². The van der Waals surface area contributed by atoms with Gasteiger partial charge in [0.2, 0.25) is 0 Å². The van der Waals surface area contributed by atoms with E-state index in [1.807, 2.05) is 30.3 Å². The van der Waals surface area contributed by atoms with Crippen molar-refractivity contribution in [3.05, 3.63) is 65.7 Å². The van der Waals surface area contributed by atoms with Crippen molar-refractivity contribution in [1.29, 1.82) is 0 Å². The Kier molecular flexibility index (Phi) is 5.54. The third kappa shape index (κ3) is 4.94. The standard InChI is InChI=1S/C17H17NO4/c19-16(20)12-22-15-8-6-14(7-9-15)17(21)18-11-10-13-4-2-1-3-5-13/h1-9H,10-12H2,(H,18,21)(H,19,20)/p-1. The van der Waals surface area contributed by atoms with Gasteiger partial charge in [-0.3, -0.25) is 4.79 Å². The molecule has 22 heavy (non-hydrogen) atoms. The molecule has 0 bridgehead atoms. The monoisotopic (exact) mass is 298 g/mol. The number of carbonyl (C=O) groups is 2. The van der Waals surface area contributed by atoms with Gasteiger partial charge >= 0.3 is 0 Å². The van der Waals surface area contributed by atoms with Crippen LogP contribution in [0.3, 0.4) is 0 Å². The summed E-state index contributed by atoms with van der Waals surface area (Å²) in [4.78, 5) is 22.2. The highest BCUT2D eigenvalue weighted by atomic mass is 16.5. The molecule has 0 saturated carbocycles. The minimum Gasteiger partial charge on any atom is -0.546 e. The van der Waals surface area contributed by atoms with E-state index in [0.717, 1.165) is 12.0 Å². The van der Waals surface area contributed by atoms with Gasteiger partial charge in [-0.05, 0) is 36.2 Å². The lowest BCUT2D eigenvalue weighted by molar-refractivity contribution is -0.307. The summed E-state index contributed by atoms with van der Waals surface area (Å²) in [7, 11) is 0. The van der Waals surface area contributed by atoms with Crippen molar-refractivity contribution < 1.29 is 19.4 Å². The summed E-state index contributed by atoms with van der Waals surface area (Å²) in [6.07, 6.45) is 0.763. The molecular formula is C17H16NO4-. The summed E-state index contributed by atoms with van der Waals surface area (Å²) in [5.41, 5.74) is 1.66. The molecule has 0 aromatic heterocycles. The van der Waals surface area contributed by atoms with E-state index in [0.29, 0.717) is 17.9 Å². The van der Waals surface area contributed by atoms with Gasteiger partial charge in [0.1, 0.15) is 12.4 Å². The average Bonchev–Trinajstić information content (AvgIpc) is 2.54. The third-order valence-electron chi connectivity index (χ3n) is 3.02. The largest absolute Gasteiger partial charge is 0.546 e. The van der Waals surface area contributed by atoms with E-state index in [4.69, 9.17) is 4.74 Å². The van der Waals surface area contributed by atoms with Crippen LogP contribution in [0.1, 0.15) is 15.9 Å². The summed E-state index contributed by atoms with van der Waals surface area (Å²) >= 11 is 0. The van der Waals surface area contributed by atoms with Gasteiger partial charge in [-0.2, -0.15) is 0 Å². The van der Waals surface area contributed by atoms with Gasteiger partial charge in [-0.1, -0.05) is 30.3 Å². The first-order valence-corrected chi connectivity index (χ1v) is 6.90. The number of hydrogen-bond acceptors (Lipinski definition) is 4. The Bertz CT molecular complexity index is 623. The highest BCUT2D eigenvalue weighted by Crippen LogP contribution is 2.12. The number of benzene rings is 2. The fourth-order valence-electron chi connectivity index (χ4n) is 1.91. The van der Waals surface area contributed by atoms with E-state index in [-0.39, 0.29) is 5.91 Å². The van der Waals surface area contributed by atoms with Gasteiger partial charge < -0.3 is 20.0 Å². The predicted octanol–water partition coefficient (Wildman–Crippen LogP) is 0.788. The fraction of sp³-hybridized carbons (Fsp3) is 0.176. The number of hydrogen-bond donors (Lipinski definition) is 1. The van der Waals surface area contributed by atoms with Crippen molar-refractivity contribution in [3.8, 4) is 5.75 Å². The van der Waals surface area contributed by atoms with E-state index >= 15 is 0 Å². The first-order chi connectivity index (χ1) is 10.6. The Morgan fingerprint density at radius 2 is 1.68 bits per heavy atom. The lowest BCUT2D eigenvalue weighted by atomic mass is 10.1. The summed E-state index contributed by atoms with van der Waals surface area (Å²) in [5.74, 6) is -1.09. The molecule has 0 saturated heterocycles. The van der Waals surface area contributed by atoms with E-state index in [9.17, 15) is 14.7 Å². The van der Waals surface area contributed by atoms with E-state index in [2.05, 4.69) is 5.32 Å². The number of nitrogens with one attached hydrogen (secondary N) is 1. The zero-order valence-corrected chi connectivity index (χ0v) is 12.0. The minimum absolute atomic E-state index is 0.178. The Labute approximate surface area is 128 Å². The second kappa shape index (κ2) is 7.83. The van der Waals surface area contributed by atoms with Gasteiger partial charge in [-0.15, -0.1) is 0 Å². The molecule has 0 spiro atoms. The van der Waals surface area contributed by atoms with Crippen LogP contribution in [-0.4, -0.2) is 25.0 Å². The number of carbonyl (C=O) groups excluding carboxylic acids is 2. The molecule has 2 aromatic rings. The van der Waals surface area contributed by atoms with Crippen molar-refractivity contribution in [3.63, 3.8) is 0 Å². The third-order valence-corrected chi connectivity index (χ3v) is 3.02. The molecule has 0 atom stereocenters. The molecule has 2 aromatic carbocycles. The molecule has 0 fully saturated rings. The summed E-state index contributed by atoms with van der Waals surface area (Å²) in [6.45, 7) is 0.0361. The van der Waals surface area contributed by atoms with Crippen LogP contribution in [0.4, 0.5) is 0 Å². The van der Waals surface area contributed by atoms with Crippen molar-refractivity contribution in [1.82, 2.24) is 5.32 Å². The predicted molar refractivity (Wildman–Crippen MR) is 79.4 cm³/mol. The quantitative estimate of drug-likeness (QED) is 0.819. The Balaban J connectivity index is 1.81. The van der Waals surface area contributed by atoms with E-state index in [1.54, 1.807) is 24.3 Å². The first kappa shape index (κ1) is 15.6. The molecular weight excluding hydrogens is 282 g/mol. The smallest absolute Gasteiger partial charge is 0.251 e. The van der Waals surface area contributed by atoms with Gasteiger partial charge in [-0.25, -0.2) is 0 Å². The van der Waals surface area contributed by atoms with E-state index in [1.165, 1.54) is 0 Å². The zero-order chi connectivity index (χ0) is 15.8. The average molecular weight is 298 g/mol. The topological polar surface area (TPSA) is 78.5 Å². The lowest BCUT2D eigenvalue weighted by Crippen LogP contribution is -2.29. The highest BCUT2D eigenvalue weighted by Gasteiger charge is 2.05. The number of rotatable bonds is 7. The van der Waals surface area contributed by atoms with Crippen LogP contribution < -0.4 is 15.2 Å². The molecule has 0 aliphatic carbocycles. The second-order valence-corrected chi connectivity index (χ2v) is 4.68. The lowest BCUT2D eigenvalue weighted by Gasteiger charge is -2.08. The highest BCUT2D eigenvalue weighted by molar-refractivity contribution is 5.94. The molecule has 0 radical (unpaired) electrons. The van der Waals surface area contributed by atoms with Crippen LogP contribution in [-0.2, 0) is 11.2 Å². The Morgan fingerprint density at radius 3 is 2.32 bits per heavy atom. The maximum Gasteiger partial charge on any atom is 0.251 e. The number of aliphatic carboxylic acids is 1. The number of carboxylic acids is 1. The maximum absolute atomic E-state index is 12.0. The van der Waals surface area contributed by atoms with Crippen LogP contribution in [0.15, 0.2) is 54.6 Å². The first-order valence-electron chi connectivity index (χ1n) is 6.90. The minimum atomic E-state index is -1.29. The van der Waals surface area contributed by atoms with Crippen LogP contribution in [0, 0.1) is 0 Å². The molecule has 114 valence electrons. The molecule has 5 heteroatoms. The van der Waals surface area contributed by atoms with Crippen molar-refractivity contribution in [2.45, 2.75) is 6.42 Å².